The average Bonchev–Trinajstić information content (AvgIpc) is 3.04. The average molecular weight is 438 g/mol. The van der Waals surface area contributed by atoms with Gasteiger partial charge in [-0.05, 0) is 54.7 Å². The Kier molecular flexibility index (Phi) is 7.23. The van der Waals surface area contributed by atoms with E-state index < -0.39 is 17.7 Å². The topological polar surface area (TPSA) is 76.1 Å². The zero-order chi connectivity index (χ0) is 23.4. The van der Waals surface area contributed by atoms with Crippen LogP contribution >= 0.6 is 0 Å². The number of rotatable bonds is 9. The van der Waals surface area contributed by atoms with Gasteiger partial charge in [0.15, 0.2) is 23.0 Å². The van der Waals surface area contributed by atoms with E-state index in [1.54, 1.807) is 25.3 Å². The molecule has 0 aromatic heterocycles. The molecule has 2 aromatic rings. The van der Waals surface area contributed by atoms with Crippen LogP contribution in [0, 0.1) is 5.92 Å². The highest BCUT2D eigenvalue weighted by atomic mass is 16.5. The molecule has 0 aliphatic carbocycles. The minimum absolute atomic E-state index is 0.0892. The van der Waals surface area contributed by atoms with Crippen molar-refractivity contribution in [3.63, 3.8) is 0 Å². The molecule has 3 rings (SSSR count). The predicted octanol–water partition coefficient (Wildman–Crippen LogP) is 5.17. The van der Waals surface area contributed by atoms with E-state index in [0.29, 0.717) is 29.4 Å². The second-order valence-electron chi connectivity index (χ2n) is 8.22. The zero-order valence-corrected chi connectivity index (χ0v) is 19.3. The van der Waals surface area contributed by atoms with Gasteiger partial charge in [-0.3, -0.25) is 14.5 Å². The zero-order valence-electron chi connectivity index (χ0n) is 19.3. The number of Topliss-reactive ketones (excluding diaryl/α,β-unsaturated/α-hetero) is 1. The monoisotopic (exact) mass is 437 g/mol. The normalized spacial score (nSPS) is 16.1. The van der Waals surface area contributed by atoms with Crippen molar-refractivity contribution in [2.45, 2.75) is 46.6 Å². The first-order valence-electron chi connectivity index (χ1n) is 11.0. The molecule has 0 radical (unpaired) electrons. The Morgan fingerprint density at radius 3 is 2.34 bits per heavy atom. The van der Waals surface area contributed by atoms with Crippen LogP contribution in [0.4, 0.5) is 5.69 Å². The molecule has 1 unspecified atom stereocenters. The SMILES string of the molecule is CCOc1cc(C2C(C(=O)CC(C)C)=C(O)C(=O)N2c2ccc(CC)cc2)ccc1OC. The summed E-state index contributed by atoms with van der Waals surface area (Å²) in [7, 11) is 1.56. The molecule has 1 atom stereocenters. The summed E-state index contributed by atoms with van der Waals surface area (Å²) in [5.74, 6) is -0.150. The molecule has 1 aliphatic rings. The molecule has 170 valence electrons. The van der Waals surface area contributed by atoms with Crippen LogP contribution < -0.4 is 14.4 Å². The van der Waals surface area contributed by atoms with E-state index in [1.807, 2.05) is 45.0 Å². The Morgan fingerprint density at radius 2 is 1.78 bits per heavy atom. The Morgan fingerprint density at radius 1 is 1.09 bits per heavy atom. The number of ether oxygens (including phenoxy) is 2. The molecule has 6 nitrogen and oxygen atoms in total. The van der Waals surface area contributed by atoms with Gasteiger partial charge in [-0.15, -0.1) is 0 Å². The van der Waals surface area contributed by atoms with Gasteiger partial charge in [0.25, 0.3) is 5.91 Å². The third-order valence-corrected chi connectivity index (χ3v) is 5.53. The number of carbonyl (C=O) groups excluding carboxylic acids is 2. The number of aliphatic hydroxyl groups is 1. The molecule has 1 heterocycles. The van der Waals surface area contributed by atoms with Crippen molar-refractivity contribution in [3.05, 3.63) is 64.9 Å². The van der Waals surface area contributed by atoms with Crippen molar-refractivity contribution in [2.75, 3.05) is 18.6 Å². The predicted molar refractivity (Wildman–Crippen MR) is 124 cm³/mol. The van der Waals surface area contributed by atoms with E-state index in [4.69, 9.17) is 9.47 Å². The smallest absolute Gasteiger partial charge is 0.294 e. The quantitative estimate of drug-likeness (QED) is 0.586. The number of aryl methyl sites for hydroxylation is 1. The minimum atomic E-state index is -0.758. The number of amides is 1. The molecule has 1 amide bonds. The summed E-state index contributed by atoms with van der Waals surface area (Å²) in [6.45, 7) is 8.23. The molecule has 32 heavy (non-hydrogen) atoms. The molecular formula is C26H31NO5. The van der Waals surface area contributed by atoms with Crippen LogP contribution in [0.5, 0.6) is 11.5 Å². The van der Waals surface area contributed by atoms with Crippen LogP contribution in [-0.4, -0.2) is 30.5 Å². The van der Waals surface area contributed by atoms with E-state index in [2.05, 4.69) is 6.92 Å². The highest BCUT2D eigenvalue weighted by molar-refractivity contribution is 6.16. The maximum absolute atomic E-state index is 13.2. The number of carbonyl (C=O) groups is 2. The highest BCUT2D eigenvalue weighted by Crippen LogP contribution is 2.43. The van der Waals surface area contributed by atoms with Crippen LogP contribution in [0.2, 0.25) is 0 Å². The van der Waals surface area contributed by atoms with Crippen molar-refractivity contribution in [3.8, 4) is 11.5 Å². The summed E-state index contributed by atoms with van der Waals surface area (Å²) in [6, 6.07) is 12.2. The first kappa shape index (κ1) is 23.4. The third kappa shape index (κ3) is 4.49. The summed E-state index contributed by atoms with van der Waals surface area (Å²) in [6.07, 6.45) is 1.11. The van der Waals surface area contributed by atoms with E-state index >= 15 is 0 Å². The van der Waals surface area contributed by atoms with Gasteiger partial charge < -0.3 is 14.6 Å². The molecule has 1 N–H and O–H groups in total. The van der Waals surface area contributed by atoms with Crippen molar-refractivity contribution >= 4 is 17.4 Å². The van der Waals surface area contributed by atoms with Crippen molar-refractivity contribution in [2.24, 2.45) is 5.92 Å². The molecule has 0 spiro atoms. The van der Waals surface area contributed by atoms with E-state index in [-0.39, 0.29) is 23.7 Å². The number of aliphatic hydroxyl groups excluding tert-OH is 1. The highest BCUT2D eigenvalue weighted by Gasteiger charge is 2.44. The number of ketones is 1. The van der Waals surface area contributed by atoms with Gasteiger partial charge in [-0.25, -0.2) is 0 Å². The van der Waals surface area contributed by atoms with Crippen LogP contribution in [0.25, 0.3) is 0 Å². The molecular weight excluding hydrogens is 406 g/mol. The Bertz CT molecular complexity index is 1020. The molecule has 0 saturated carbocycles. The van der Waals surface area contributed by atoms with Crippen molar-refractivity contribution in [1.82, 2.24) is 0 Å². The van der Waals surface area contributed by atoms with Gasteiger partial charge in [0, 0.05) is 12.1 Å². The number of hydrogen-bond acceptors (Lipinski definition) is 5. The summed E-state index contributed by atoms with van der Waals surface area (Å²) in [5, 5.41) is 10.8. The van der Waals surface area contributed by atoms with Gasteiger partial charge in [0.05, 0.1) is 25.3 Å². The molecule has 0 fully saturated rings. The maximum Gasteiger partial charge on any atom is 0.294 e. The lowest BCUT2D eigenvalue weighted by Crippen LogP contribution is -2.31. The minimum Gasteiger partial charge on any atom is -0.503 e. The second-order valence-corrected chi connectivity index (χ2v) is 8.22. The van der Waals surface area contributed by atoms with Crippen LogP contribution in [-0.2, 0) is 16.0 Å². The van der Waals surface area contributed by atoms with E-state index in [1.165, 1.54) is 4.90 Å². The standard InChI is InChI=1S/C26H31NO5/c1-6-17-8-11-19(12-9-17)27-24(18-10-13-21(31-5)22(15-18)32-7-2)23(25(29)26(27)30)20(28)14-16(3)4/h8-13,15-16,24,29H,6-7,14H2,1-5H3. The number of methoxy groups -OCH3 is 1. The fraction of sp³-hybridized carbons (Fsp3) is 0.385. The van der Waals surface area contributed by atoms with Crippen molar-refractivity contribution < 1.29 is 24.2 Å². The largest absolute Gasteiger partial charge is 0.503 e. The van der Waals surface area contributed by atoms with Crippen LogP contribution in [0.15, 0.2) is 53.8 Å². The van der Waals surface area contributed by atoms with Gasteiger partial charge in [0.1, 0.15) is 0 Å². The number of benzene rings is 2. The second kappa shape index (κ2) is 9.90. The number of hydrogen-bond donors (Lipinski definition) is 1. The molecule has 1 aliphatic heterocycles. The fourth-order valence-corrected chi connectivity index (χ4v) is 3.98. The number of anilines is 1. The lowest BCUT2D eigenvalue weighted by molar-refractivity contribution is -0.118. The summed E-state index contributed by atoms with van der Waals surface area (Å²) < 4.78 is 11.1. The third-order valence-electron chi connectivity index (χ3n) is 5.53. The van der Waals surface area contributed by atoms with E-state index in [0.717, 1.165) is 12.0 Å². The van der Waals surface area contributed by atoms with Gasteiger partial charge in [0.2, 0.25) is 0 Å². The van der Waals surface area contributed by atoms with Gasteiger partial charge in [-0.2, -0.15) is 0 Å². The Labute approximate surface area is 189 Å². The van der Waals surface area contributed by atoms with Crippen LogP contribution in [0.1, 0.15) is 51.3 Å². The first-order valence-corrected chi connectivity index (χ1v) is 11.0. The molecule has 2 aromatic carbocycles. The lowest BCUT2D eigenvalue weighted by atomic mass is 9.91. The molecule has 0 bridgehead atoms. The van der Waals surface area contributed by atoms with Gasteiger partial charge >= 0.3 is 0 Å². The fourth-order valence-electron chi connectivity index (χ4n) is 3.98. The Hall–Kier alpha value is -3.28. The maximum atomic E-state index is 13.2. The lowest BCUT2D eigenvalue weighted by Gasteiger charge is -2.28. The summed E-state index contributed by atoms with van der Waals surface area (Å²) in [4.78, 5) is 27.8. The summed E-state index contributed by atoms with van der Waals surface area (Å²) >= 11 is 0. The van der Waals surface area contributed by atoms with Crippen molar-refractivity contribution in [1.29, 1.82) is 0 Å². The van der Waals surface area contributed by atoms with E-state index in [9.17, 15) is 14.7 Å². The first-order chi connectivity index (χ1) is 15.3. The molecule has 0 saturated heterocycles. The molecule has 6 heteroatoms. The Balaban J connectivity index is 2.16. The van der Waals surface area contributed by atoms with Gasteiger partial charge in [-0.1, -0.05) is 39.0 Å². The summed E-state index contributed by atoms with van der Waals surface area (Å²) in [5.41, 5.74) is 2.53. The number of nitrogens with zero attached hydrogens (tertiary/aromatic N) is 1. The van der Waals surface area contributed by atoms with Crippen LogP contribution in [0.3, 0.4) is 0 Å².